The largest absolute Gasteiger partial charge is 0.495 e. The Hall–Kier alpha value is -2.01. The quantitative estimate of drug-likeness (QED) is 0.924. The van der Waals surface area contributed by atoms with Crippen molar-refractivity contribution in [2.45, 2.75) is 12.5 Å². The van der Waals surface area contributed by atoms with E-state index in [1.807, 2.05) is 0 Å². The van der Waals surface area contributed by atoms with E-state index >= 15 is 0 Å². The Kier molecular flexibility index (Phi) is 4.06. The van der Waals surface area contributed by atoms with Crippen molar-refractivity contribution in [2.24, 2.45) is 0 Å². The number of hydrogen-bond donors (Lipinski definition) is 1. The molecule has 0 radical (unpaired) electrons. The molecule has 0 spiro atoms. The van der Waals surface area contributed by atoms with E-state index in [1.54, 1.807) is 6.07 Å². The summed E-state index contributed by atoms with van der Waals surface area (Å²) in [6.07, 6.45) is 2.32. The molecule has 1 unspecified atom stereocenters. The molecule has 19 heavy (non-hydrogen) atoms. The first-order valence-corrected chi connectivity index (χ1v) is 5.71. The Morgan fingerprint density at radius 3 is 2.74 bits per heavy atom. The molecule has 0 aliphatic rings. The topological polar surface area (TPSA) is 42.4 Å². The second-order valence-electron chi connectivity index (χ2n) is 4.09. The number of nitrogens with zero attached hydrogens (tertiary/aromatic N) is 1. The van der Waals surface area contributed by atoms with Crippen molar-refractivity contribution >= 4 is 0 Å². The summed E-state index contributed by atoms with van der Waals surface area (Å²) < 4.78 is 31.0. The highest BCUT2D eigenvalue weighted by molar-refractivity contribution is 5.33. The summed E-state index contributed by atoms with van der Waals surface area (Å²) in [5.41, 5.74) is 1.06. The molecule has 1 atom stereocenters. The summed E-state index contributed by atoms with van der Waals surface area (Å²) >= 11 is 0. The van der Waals surface area contributed by atoms with Gasteiger partial charge >= 0.3 is 0 Å². The smallest absolute Gasteiger partial charge is 0.159 e. The molecule has 1 aromatic heterocycles. The van der Waals surface area contributed by atoms with Crippen LogP contribution in [-0.2, 0) is 6.42 Å². The lowest BCUT2D eigenvalue weighted by atomic mass is 10.0. The number of aliphatic hydroxyl groups excluding tert-OH is 1. The number of pyridine rings is 1. The van der Waals surface area contributed by atoms with Gasteiger partial charge in [0, 0.05) is 18.2 Å². The van der Waals surface area contributed by atoms with E-state index in [1.165, 1.54) is 25.6 Å². The molecular formula is C14H13F2NO2. The number of ether oxygens (including phenoxy) is 1. The number of benzene rings is 1. The lowest BCUT2D eigenvalue weighted by Gasteiger charge is -2.14. The van der Waals surface area contributed by atoms with E-state index in [2.05, 4.69) is 4.98 Å². The first-order valence-electron chi connectivity index (χ1n) is 5.71. The lowest BCUT2D eigenvalue weighted by molar-refractivity contribution is 0.173. The molecule has 1 heterocycles. The van der Waals surface area contributed by atoms with Gasteiger partial charge < -0.3 is 9.84 Å². The highest BCUT2D eigenvalue weighted by Crippen LogP contribution is 2.26. The fourth-order valence-electron chi connectivity index (χ4n) is 1.84. The van der Waals surface area contributed by atoms with Crippen molar-refractivity contribution in [2.75, 3.05) is 7.11 Å². The molecule has 1 aromatic carbocycles. The molecule has 0 saturated carbocycles. The summed E-state index contributed by atoms with van der Waals surface area (Å²) in [7, 11) is 1.48. The Bertz CT molecular complexity index is 575. The molecule has 2 rings (SSSR count). The molecule has 100 valence electrons. The van der Waals surface area contributed by atoms with Gasteiger partial charge in [0.1, 0.15) is 5.75 Å². The summed E-state index contributed by atoms with van der Waals surface area (Å²) in [4.78, 5) is 3.89. The van der Waals surface area contributed by atoms with Gasteiger partial charge in [-0.15, -0.1) is 0 Å². The van der Waals surface area contributed by atoms with Crippen molar-refractivity contribution < 1.29 is 18.6 Å². The average molecular weight is 265 g/mol. The van der Waals surface area contributed by atoms with Gasteiger partial charge in [0.05, 0.1) is 19.4 Å². The highest BCUT2D eigenvalue weighted by Gasteiger charge is 2.14. The molecule has 0 aliphatic carbocycles. The lowest BCUT2D eigenvalue weighted by Crippen LogP contribution is -2.05. The molecule has 2 aromatic rings. The second-order valence-corrected chi connectivity index (χ2v) is 4.09. The van der Waals surface area contributed by atoms with Crippen LogP contribution >= 0.6 is 0 Å². The fourth-order valence-corrected chi connectivity index (χ4v) is 1.84. The van der Waals surface area contributed by atoms with E-state index in [0.717, 1.165) is 12.1 Å². The first kappa shape index (κ1) is 13.4. The first-order chi connectivity index (χ1) is 9.11. The number of methoxy groups -OCH3 is 1. The van der Waals surface area contributed by atoms with Gasteiger partial charge in [-0.1, -0.05) is 6.07 Å². The second kappa shape index (κ2) is 5.75. The molecule has 0 aliphatic heterocycles. The molecule has 0 saturated heterocycles. The standard InChI is InChI=1S/C14H13F2NO2/c1-19-14-8-17-5-4-10(14)13(18)7-9-2-3-11(15)12(16)6-9/h2-6,8,13,18H,7H2,1H3. The zero-order valence-corrected chi connectivity index (χ0v) is 10.3. The number of rotatable bonds is 4. The third-order valence-corrected chi connectivity index (χ3v) is 2.81. The van der Waals surface area contributed by atoms with Crippen LogP contribution in [0, 0.1) is 11.6 Å². The maximum atomic E-state index is 13.1. The van der Waals surface area contributed by atoms with Crippen LogP contribution in [0.2, 0.25) is 0 Å². The van der Waals surface area contributed by atoms with Crippen molar-refractivity contribution in [3.05, 3.63) is 59.4 Å². The van der Waals surface area contributed by atoms with Crippen LogP contribution in [0.25, 0.3) is 0 Å². The van der Waals surface area contributed by atoms with E-state index in [9.17, 15) is 13.9 Å². The van der Waals surface area contributed by atoms with Crippen LogP contribution in [0.5, 0.6) is 5.75 Å². The van der Waals surface area contributed by atoms with Crippen molar-refractivity contribution in [3.8, 4) is 5.75 Å². The van der Waals surface area contributed by atoms with E-state index in [4.69, 9.17) is 4.74 Å². The average Bonchev–Trinajstić information content (AvgIpc) is 2.43. The zero-order chi connectivity index (χ0) is 13.8. The normalized spacial score (nSPS) is 12.2. The molecule has 3 nitrogen and oxygen atoms in total. The fraction of sp³-hybridized carbons (Fsp3) is 0.214. The van der Waals surface area contributed by atoms with Gasteiger partial charge in [0.15, 0.2) is 11.6 Å². The highest BCUT2D eigenvalue weighted by atomic mass is 19.2. The van der Waals surface area contributed by atoms with Gasteiger partial charge in [0.2, 0.25) is 0 Å². The Morgan fingerprint density at radius 2 is 2.05 bits per heavy atom. The van der Waals surface area contributed by atoms with Crippen LogP contribution in [0.1, 0.15) is 17.2 Å². The maximum absolute atomic E-state index is 13.1. The Balaban J connectivity index is 2.20. The van der Waals surface area contributed by atoms with E-state index in [-0.39, 0.29) is 6.42 Å². The van der Waals surface area contributed by atoms with Crippen LogP contribution in [-0.4, -0.2) is 17.2 Å². The van der Waals surface area contributed by atoms with Crippen LogP contribution in [0.15, 0.2) is 36.7 Å². The van der Waals surface area contributed by atoms with Gasteiger partial charge in [0.25, 0.3) is 0 Å². The summed E-state index contributed by atoms with van der Waals surface area (Å²) in [6.45, 7) is 0. The van der Waals surface area contributed by atoms with Crippen LogP contribution < -0.4 is 4.74 Å². The molecular weight excluding hydrogens is 252 g/mol. The van der Waals surface area contributed by atoms with Crippen LogP contribution in [0.3, 0.4) is 0 Å². The molecule has 0 amide bonds. The van der Waals surface area contributed by atoms with Crippen molar-refractivity contribution in [1.82, 2.24) is 4.98 Å². The number of aromatic nitrogens is 1. The molecule has 1 N–H and O–H groups in total. The molecule has 0 fully saturated rings. The molecule has 5 heteroatoms. The van der Waals surface area contributed by atoms with Crippen LogP contribution in [0.4, 0.5) is 8.78 Å². The van der Waals surface area contributed by atoms with Crippen molar-refractivity contribution in [3.63, 3.8) is 0 Å². The minimum absolute atomic E-state index is 0.164. The SMILES string of the molecule is COc1cnccc1C(O)Cc1ccc(F)c(F)c1. The number of aliphatic hydroxyl groups is 1. The third-order valence-electron chi connectivity index (χ3n) is 2.81. The monoisotopic (exact) mass is 265 g/mol. The Morgan fingerprint density at radius 1 is 1.26 bits per heavy atom. The minimum Gasteiger partial charge on any atom is -0.495 e. The number of halogens is 2. The summed E-state index contributed by atoms with van der Waals surface area (Å²) in [6, 6.07) is 5.19. The third kappa shape index (κ3) is 3.06. The van der Waals surface area contributed by atoms with E-state index in [0.29, 0.717) is 16.9 Å². The van der Waals surface area contributed by atoms with Gasteiger partial charge in [-0.2, -0.15) is 0 Å². The Labute approximate surface area is 109 Å². The predicted molar refractivity (Wildman–Crippen MR) is 65.8 cm³/mol. The molecule has 0 bridgehead atoms. The van der Waals surface area contributed by atoms with Gasteiger partial charge in [-0.05, 0) is 23.8 Å². The summed E-state index contributed by atoms with van der Waals surface area (Å²) in [5, 5.41) is 10.1. The van der Waals surface area contributed by atoms with Crippen molar-refractivity contribution in [1.29, 1.82) is 0 Å². The van der Waals surface area contributed by atoms with Gasteiger partial charge in [-0.3, -0.25) is 4.98 Å². The zero-order valence-electron chi connectivity index (χ0n) is 10.3. The number of hydrogen-bond acceptors (Lipinski definition) is 3. The predicted octanol–water partition coefficient (Wildman–Crippen LogP) is 2.64. The maximum Gasteiger partial charge on any atom is 0.159 e. The van der Waals surface area contributed by atoms with E-state index < -0.39 is 17.7 Å². The minimum atomic E-state index is -0.925. The van der Waals surface area contributed by atoms with Gasteiger partial charge in [-0.25, -0.2) is 8.78 Å². The summed E-state index contributed by atoms with van der Waals surface area (Å²) in [5.74, 6) is -1.37.